The molecule has 0 bridgehead atoms. The maximum atomic E-state index is 12.8. The van der Waals surface area contributed by atoms with Crippen molar-refractivity contribution in [2.24, 2.45) is 5.73 Å². The van der Waals surface area contributed by atoms with Gasteiger partial charge in [0, 0.05) is 25.9 Å². The largest absolute Gasteiger partial charge is 0.416 e. The molecule has 1 unspecified atom stereocenters. The van der Waals surface area contributed by atoms with E-state index >= 15 is 0 Å². The van der Waals surface area contributed by atoms with Crippen LogP contribution in [0.4, 0.5) is 13.2 Å². The SMILES string of the molecule is NC(=O)C(c1cccc(C(F)(F)F)c1)N1CCC(=O)CC1. The number of ketones is 1. The standard InChI is InChI=1S/C14H15F3N2O2/c15-14(16,17)10-3-1-2-9(8-10)12(13(18)21)19-6-4-11(20)5-7-19/h1-3,8,12H,4-7H2,(H2,18,21). The summed E-state index contributed by atoms with van der Waals surface area (Å²) in [6, 6.07) is 3.64. The number of nitrogens with zero attached hydrogens (tertiary/aromatic N) is 1. The number of primary amides is 1. The van der Waals surface area contributed by atoms with Gasteiger partial charge in [-0.25, -0.2) is 0 Å². The number of Topliss-reactive ketones (excluding diaryl/α,β-unsaturated/α-hetero) is 1. The number of piperidine rings is 1. The van der Waals surface area contributed by atoms with Crippen molar-refractivity contribution in [2.45, 2.75) is 25.1 Å². The number of alkyl halides is 3. The van der Waals surface area contributed by atoms with Gasteiger partial charge in [-0.3, -0.25) is 14.5 Å². The number of hydrogen-bond donors (Lipinski definition) is 1. The maximum absolute atomic E-state index is 12.8. The summed E-state index contributed by atoms with van der Waals surface area (Å²) in [5, 5.41) is 0. The smallest absolute Gasteiger partial charge is 0.368 e. The molecular weight excluding hydrogens is 285 g/mol. The summed E-state index contributed by atoms with van der Waals surface area (Å²) in [5.74, 6) is -0.637. The molecule has 21 heavy (non-hydrogen) atoms. The van der Waals surface area contributed by atoms with Crippen LogP contribution in [0.3, 0.4) is 0 Å². The summed E-state index contributed by atoms with van der Waals surface area (Å²) in [6.45, 7) is 0.644. The van der Waals surface area contributed by atoms with Gasteiger partial charge in [-0.05, 0) is 17.7 Å². The van der Waals surface area contributed by atoms with Crippen LogP contribution < -0.4 is 5.73 Å². The first-order valence-electron chi connectivity index (χ1n) is 6.51. The summed E-state index contributed by atoms with van der Waals surface area (Å²) in [7, 11) is 0. The fraction of sp³-hybridized carbons (Fsp3) is 0.429. The van der Waals surface area contributed by atoms with Crippen LogP contribution in [0.5, 0.6) is 0 Å². The minimum atomic E-state index is -4.48. The molecule has 4 nitrogen and oxygen atoms in total. The number of likely N-dealkylation sites (tertiary alicyclic amines) is 1. The third-order valence-corrected chi connectivity index (χ3v) is 3.52. The van der Waals surface area contributed by atoms with E-state index in [2.05, 4.69) is 0 Å². The lowest BCUT2D eigenvalue weighted by molar-refractivity contribution is -0.137. The van der Waals surface area contributed by atoms with Crippen LogP contribution in [-0.4, -0.2) is 29.7 Å². The number of benzene rings is 1. The van der Waals surface area contributed by atoms with Gasteiger partial charge in [0.05, 0.1) is 5.56 Å². The Balaban J connectivity index is 2.30. The molecule has 2 N–H and O–H groups in total. The molecule has 0 spiro atoms. The monoisotopic (exact) mass is 300 g/mol. The molecular formula is C14H15F3N2O2. The van der Waals surface area contributed by atoms with Crippen molar-refractivity contribution in [1.82, 2.24) is 4.90 Å². The first-order chi connectivity index (χ1) is 9.79. The van der Waals surface area contributed by atoms with Crippen molar-refractivity contribution in [3.63, 3.8) is 0 Å². The van der Waals surface area contributed by atoms with Crippen LogP contribution in [0, 0.1) is 0 Å². The predicted molar refractivity (Wildman–Crippen MR) is 69.2 cm³/mol. The predicted octanol–water partition coefficient (Wildman–Crippen LogP) is 1.90. The van der Waals surface area contributed by atoms with E-state index in [0.29, 0.717) is 13.1 Å². The topological polar surface area (TPSA) is 63.4 Å². The average molecular weight is 300 g/mol. The number of rotatable bonds is 3. The van der Waals surface area contributed by atoms with Crippen LogP contribution in [0.2, 0.25) is 0 Å². The molecule has 1 aliphatic rings. The summed E-state index contributed by atoms with van der Waals surface area (Å²) >= 11 is 0. The highest BCUT2D eigenvalue weighted by molar-refractivity contribution is 5.83. The lowest BCUT2D eigenvalue weighted by atomic mass is 9.99. The Morgan fingerprint density at radius 3 is 2.38 bits per heavy atom. The Bertz CT molecular complexity index is 547. The second-order valence-corrected chi connectivity index (χ2v) is 5.00. The highest BCUT2D eigenvalue weighted by Crippen LogP contribution is 2.32. The lowest BCUT2D eigenvalue weighted by Gasteiger charge is -2.32. The van der Waals surface area contributed by atoms with Gasteiger partial charge in [0.15, 0.2) is 0 Å². The van der Waals surface area contributed by atoms with Crippen LogP contribution in [0.15, 0.2) is 24.3 Å². The molecule has 0 aliphatic carbocycles. The quantitative estimate of drug-likeness (QED) is 0.927. The second kappa shape index (κ2) is 5.85. The number of nitrogens with two attached hydrogens (primary N) is 1. The number of hydrogen-bond acceptors (Lipinski definition) is 3. The van der Waals surface area contributed by atoms with Crippen molar-refractivity contribution in [3.8, 4) is 0 Å². The fourth-order valence-electron chi connectivity index (χ4n) is 2.47. The van der Waals surface area contributed by atoms with E-state index in [1.807, 2.05) is 0 Å². The third kappa shape index (κ3) is 3.60. The summed E-state index contributed by atoms with van der Waals surface area (Å²) in [6.07, 6.45) is -3.92. The van der Waals surface area contributed by atoms with E-state index in [4.69, 9.17) is 5.73 Å². The molecule has 7 heteroatoms. The van der Waals surface area contributed by atoms with Crippen molar-refractivity contribution in [2.75, 3.05) is 13.1 Å². The molecule has 1 heterocycles. The van der Waals surface area contributed by atoms with Crippen LogP contribution in [0.25, 0.3) is 0 Å². The fourth-order valence-corrected chi connectivity index (χ4v) is 2.47. The van der Waals surface area contributed by atoms with Gasteiger partial charge in [0.2, 0.25) is 5.91 Å². The summed E-state index contributed by atoms with van der Waals surface area (Å²) < 4.78 is 38.3. The molecule has 0 aromatic heterocycles. The lowest BCUT2D eigenvalue weighted by Crippen LogP contribution is -2.42. The Hall–Kier alpha value is -1.89. The minimum Gasteiger partial charge on any atom is -0.368 e. The van der Waals surface area contributed by atoms with E-state index in [-0.39, 0.29) is 24.2 Å². The zero-order valence-corrected chi connectivity index (χ0v) is 11.2. The van der Waals surface area contributed by atoms with Crippen LogP contribution in [-0.2, 0) is 15.8 Å². The Kier molecular flexibility index (Phi) is 4.32. The molecule has 1 aliphatic heterocycles. The molecule has 1 fully saturated rings. The maximum Gasteiger partial charge on any atom is 0.416 e. The van der Waals surface area contributed by atoms with Crippen molar-refractivity contribution < 1.29 is 22.8 Å². The van der Waals surface area contributed by atoms with Gasteiger partial charge < -0.3 is 5.73 Å². The normalized spacial score (nSPS) is 18.5. The first-order valence-corrected chi connectivity index (χ1v) is 6.51. The van der Waals surface area contributed by atoms with Crippen molar-refractivity contribution in [1.29, 1.82) is 0 Å². The van der Waals surface area contributed by atoms with E-state index in [1.165, 1.54) is 12.1 Å². The summed E-state index contributed by atoms with van der Waals surface area (Å²) in [5.41, 5.74) is 4.73. The van der Waals surface area contributed by atoms with Gasteiger partial charge in [-0.1, -0.05) is 12.1 Å². The average Bonchev–Trinajstić information content (AvgIpc) is 2.40. The summed E-state index contributed by atoms with van der Waals surface area (Å²) in [4.78, 5) is 24.5. The molecule has 1 atom stereocenters. The molecule has 2 rings (SSSR count). The van der Waals surface area contributed by atoms with Crippen LogP contribution in [0.1, 0.15) is 30.0 Å². The van der Waals surface area contributed by atoms with Crippen molar-refractivity contribution in [3.05, 3.63) is 35.4 Å². The van der Waals surface area contributed by atoms with Gasteiger partial charge >= 0.3 is 6.18 Å². The van der Waals surface area contributed by atoms with E-state index in [1.54, 1.807) is 4.90 Å². The number of halogens is 3. The van der Waals surface area contributed by atoms with Gasteiger partial charge in [0.25, 0.3) is 0 Å². The molecule has 1 saturated heterocycles. The molecule has 0 radical (unpaired) electrons. The van der Waals surface area contributed by atoms with E-state index in [0.717, 1.165) is 12.1 Å². The van der Waals surface area contributed by atoms with E-state index < -0.39 is 23.7 Å². The Labute approximate surface area is 119 Å². The molecule has 114 valence electrons. The van der Waals surface area contributed by atoms with E-state index in [9.17, 15) is 22.8 Å². The highest BCUT2D eigenvalue weighted by Gasteiger charge is 2.33. The zero-order valence-electron chi connectivity index (χ0n) is 11.2. The first kappa shape index (κ1) is 15.5. The Morgan fingerprint density at radius 2 is 1.86 bits per heavy atom. The molecule has 1 amide bonds. The minimum absolute atomic E-state index is 0.0820. The van der Waals surface area contributed by atoms with Crippen molar-refractivity contribution >= 4 is 11.7 Å². The third-order valence-electron chi connectivity index (χ3n) is 3.52. The number of carbonyl (C=O) groups is 2. The number of carbonyl (C=O) groups excluding carboxylic acids is 2. The zero-order chi connectivity index (χ0) is 15.6. The highest BCUT2D eigenvalue weighted by atomic mass is 19.4. The number of amides is 1. The van der Waals surface area contributed by atoms with Crippen LogP contribution >= 0.6 is 0 Å². The molecule has 0 saturated carbocycles. The molecule has 1 aromatic rings. The van der Waals surface area contributed by atoms with Gasteiger partial charge in [-0.15, -0.1) is 0 Å². The molecule has 1 aromatic carbocycles. The van der Waals surface area contributed by atoms with Gasteiger partial charge in [0.1, 0.15) is 11.8 Å². The van der Waals surface area contributed by atoms with Gasteiger partial charge in [-0.2, -0.15) is 13.2 Å². The Morgan fingerprint density at radius 1 is 1.24 bits per heavy atom. The second-order valence-electron chi connectivity index (χ2n) is 5.00.